The minimum Gasteiger partial charge on any atom is -0.466 e. The van der Waals surface area contributed by atoms with Gasteiger partial charge in [0.25, 0.3) is 0 Å². The van der Waals surface area contributed by atoms with Gasteiger partial charge in [0, 0.05) is 45.3 Å². The van der Waals surface area contributed by atoms with Crippen LogP contribution in [0, 0.1) is 17.8 Å². The van der Waals surface area contributed by atoms with Gasteiger partial charge in [0.1, 0.15) is 0 Å². The van der Waals surface area contributed by atoms with Crippen molar-refractivity contribution < 1.29 is 9.53 Å². The number of carbonyl (C=O) groups excluding carboxylic acids is 1. The first-order valence-electron chi connectivity index (χ1n) is 10.6. The summed E-state index contributed by atoms with van der Waals surface area (Å²) in [6.07, 6.45) is 3.01. The third kappa shape index (κ3) is 7.04. The van der Waals surface area contributed by atoms with Gasteiger partial charge in [-0.2, -0.15) is 0 Å². The van der Waals surface area contributed by atoms with E-state index in [0.29, 0.717) is 6.61 Å². The number of halogens is 1. The zero-order chi connectivity index (χ0) is 20.0. The number of esters is 1. The molecule has 2 aliphatic heterocycles. The molecule has 0 amide bonds. The van der Waals surface area contributed by atoms with E-state index in [1.54, 1.807) is 0 Å². The predicted molar refractivity (Wildman–Crippen MR) is 126 cm³/mol. The minimum absolute atomic E-state index is 0. The Morgan fingerprint density at radius 1 is 1.18 bits per heavy atom. The molecule has 164 valence electrons. The molecule has 2 saturated heterocycles. The molecule has 1 N–H and O–H groups in total. The zero-order valence-electron chi connectivity index (χ0n) is 18.7. The van der Waals surface area contributed by atoms with Crippen molar-refractivity contribution in [1.82, 2.24) is 15.1 Å². The number of guanidine groups is 1. The summed E-state index contributed by atoms with van der Waals surface area (Å²) >= 11 is 0. The number of nitrogens with one attached hydrogen (secondary N) is 1. The third-order valence-corrected chi connectivity index (χ3v) is 6.03. The lowest BCUT2D eigenvalue weighted by Crippen LogP contribution is -2.58. The quantitative estimate of drug-likeness (QED) is 0.268. The molecule has 0 bridgehead atoms. The van der Waals surface area contributed by atoms with Gasteiger partial charge in [-0.3, -0.25) is 14.7 Å². The van der Waals surface area contributed by atoms with Crippen LogP contribution >= 0.6 is 24.0 Å². The van der Waals surface area contributed by atoms with Gasteiger partial charge in [0.05, 0.1) is 12.5 Å². The van der Waals surface area contributed by atoms with Gasteiger partial charge in [-0.05, 0) is 51.9 Å². The first-order chi connectivity index (χ1) is 12.8. The molecule has 0 aromatic carbocycles. The summed E-state index contributed by atoms with van der Waals surface area (Å²) in [5, 5.41) is 3.59. The number of piperidine rings is 2. The van der Waals surface area contributed by atoms with Crippen LogP contribution in [0.1, 0.15) is 53.9 Å². The summed E-state index contributed by atoms with van der Waals surface area (Å²) in [6.45, 7) is 16.6. The highest BCUT2D eigenvalue weighted by Crippen LogP contribution is 2.27. The van der Waals surface area contributed by atoms with Crippen molar-refractivity contribution >= 4 is 35.9 Å². The number of hydrogen-bond acceptors (Lipinski definition) is 4. The largest absolute Gasteiger partial charge is 0.466 e. The fraction of sp³-hybridized carbons (Fsp3) is 0.905. The molecular weight excluding hydrogens is 467 g/mol. The number of nitrogens with zero attached hydrogens (tertiary/aromatic N) is 3. The Kier molecular flexibility index (Phi) is 10.5. The smallest absolute Gasteiger partial charge is 0.309 e. The normalized spacial score (nSPS) is 25.2. The molecule has 6 nitrogen and oxygen atoms in total. The first-order valence-corrected chi connectivity index (χ1v) is 10.6. The van der Waals surface area contributed by atoms with Gasteiger partial charge >= 0.3 is 5.97 Å². The second-order valence-electron chi connectivity index (χ2n) is 9.08. The van der Waals surface area contributed by atoms with Crippen LogP contribution in [-0.4, -0.2) is 73.6 Å². The molecule has 2 aliphatic rings. The van der Waals surface area contributed by atoms with E-state index in [-0.39, 0.29) is 41.4 Å². The molecule has 0 aromatic rings. The maximum Gasteiger partial charge on any atom is 0.309 e. The molecule has 0 saturated carbocycles. The number of rotatable bonds is 5. The summed E-state index contributed by atoms with van der Waals surface area (Å²) in [7, 11) is 1.85. The number of hydrogen-bond donors (Lipinski definition) is 1. The van der Waals surface area contributed by atoms with E-state index in [2.05, 4.69) is 47.8 Å². The molecule has 2 atom stereocenters. The first kappa shape index (κ1) is 25.5. The Balaban J connectivity index is 0.00000392. The average Bonchev–Trinajstić information content (AvgIpc) is 2.62. The fourth-order valence-electron chi connectivity index (χ4n) is 4.48. The molecule has 0 aliphatic carbocycles. The molecular formula is C21H41IN4O2. The van der Waals surface area contributed by atoms with Gasteiger partial charge in [-0.15, -0.1) is 24.0 Å². The molecule has 7 heteroatoms. The highest BCUT2D eigenvalue weighted by atomic mass is 127. The van der Waals surface area contributed by atoms with Crippen molar-refractivity contribution in [3.63, 3.8) is 0 Å². The van der Waals surface area contributed by atoms with E-state index in [4.69, 9.17) is 4.74 Å². The Bertz CT molecular complexity index is 509. The zero-order valence-corrected chi connectivity index (χ0v) is 21.0. The Hall–Kier alpha value is -0.570. The lowest BCUT2D eigenvalue weighted by Gasteiger charge is -2.45. The molecule has 0 spiro atoms. The van der Waals surface area contributed by atoms with Gasteiger partial charge in [-0.1, -0.05) is 13.8 Å². The Labute approximate surface area is 188 Å². The van der Waals surface area contributed by atoms with E-state index in [0.717, 1.165) is 50.3 Å². The minimum atomic E-state index is -0.0467. The molecule has 2 unspecified atom stereocenters. The highest BCUT2D eigenvalue weighted by Gasteiger charge is 2.33. The number of ether oxygens (including phenoxy) is 1. The number of aliphatic imine (C=N–C) groups is 1. The van der Waals surface area contributed by atoms with E-state index >= 15 is 0 Å². The summed E-state index contributed by atoms with van der Waals surface area (Å²) in [6, 6.07) is 0. The van der Waals surface area contributed by atoms with Crippen molar-refractivity contribution in [2.24, 2.45) is 22.7 Å². The topological polar surface area (TPSA) is 57.2 Å². The molecule has 2 rings (SSSR count). The van der Waals surface area contributed by atoms with Crippen molar-refractivity contribution in [1.29, 1.82) is 0 Å². The Morgan fingerprint density at radius 2 is 1.75 bits per heavy atom. The molecule has 28 heavy (non-hydrogen) atoms. The summed E-state index contributed by atoms with van der Waals surface area (Å²) in [5.74, 6) is 2.45. The summed E-state index contributed by atoms with van der Waals surface area (Å²) in [5.41, 5.74) is 0.0855. The van der Waals surface area contributed by atoms with Crippen LogP contribution < -0.4 is 5.32 Å². The van der Waals surface area contributed by atoms with Crippen LogP contribution in [-0.2, 0) is 9.53 Å². The molecule has 0 aromatic heterocycles. The fourth-order valence-corrected chi connectivity index (χ4v) is 4.48. The van der Waals surface area contributed by atoms with E-state index in [9.17, 15) is 4.79 Å². The lowest BCUT2D eigenvalue weighted by atomic mass is 9.88. The van der Waals surface area contributed by atoms with Gasteiger partial charge in [0.2, 0.25) is 0 Å². The van der Waals surface area contributed by atoms with Crippen molar-refractivity contribution in [3.8, 4) is 0 Å². The predicted octanol–water partition coefficient (Wildman–Crippen LogP) is 3.21. The maximum absolute atomic E-state index is 11.9. The second kappa shape index (κ2) is 11.6. The van der Waals surface area contributed by atoms with Crippen LogP contribution in [0.3, 0.4) is 0 Å². The van der Waals surface area contributed by atoms with E-state index < -0.39 is 0 Å². The van der Waals surface area contributed by atoms with Crippen LogP contribution in [0.5, 0.6) is 0 Å². The third-order valence-electron chi connectivity index (χ3n) is 6.03. The summed E-state index contributed by atoms with van der Waals surface area (Å²) in [4.78, 5) is 21.3. The van der Waals surface area contributed by atoms with Crippen LogP contribution in [0.25, 0.3) is 0 Å². The van der Waals surface area contributed by atoms with Crippen molar-refractivity contribution in [3.05, 3.63) is 0 Å². The molecule has 0 radical (unpaired) electrons. The molecule has 2 heterocycles. The van der Waals surface area contributed by atoms with Gasteiger partial charge < -0.3 is 15.0 Å². The van der Waals surface area contributed by atoms with Crippen LogP contribution in [0.15, 0.2) is 4.99 Å². The second-order valence-corrected chi connectivity index (χ2v) is 9.08. The van der Waals surface area contributed by atoms with Crippen molar-refractivity contribution in [2.45, 2.75) is 59.4 Å². The standard InChI is InChI=1S/C21H40N4O2.HI/c1-7-27-19(26)18-8-10-24(11-9-18)20(22-6)23-15-21(4,5)25-13-16(2)12-17(3)14-25;/h16-18H,7-15H2,1-6H3,(H,22,23);1H. The Morgan fingerprint density at radius 3 is 2.25 bits per heavy atom. The maximum atomic E-state index is 11.9. The number of carbonyl (C=O) groups is 1. The van der Waals surface area contributed by atoms with Crippen molar-refractivity contribution in [2.75, 3.05) is 46.4 Å². The van der Waals surface area contributed by atoms with Crippen LogP contribution in [0.2, 0.25) is 0 Å². The highest BCUT2D eigenvalue weighted by molar-refractivity contribution is 14.0. The van der Waals surface area contributed by atoms with Gasteiger partial charge in [-0.25, -0.2) is 0 Å². The number of likely N-dealkylation sites (tertiary alicyclic amines) is 2. The van der Waals surface area contributed by atoms with Crippen LogP contribution in [0.4, 0.5) is 0 Å². The van der Waals surface area contributed by atoms with E-state index in [1.807, 2.05) is 14.0 Å². The SMILES string of the molecule is CCOC(=O)C1CCN(C(=NC)NCC(C)(C)N2CC(C)CC(C)C2)CC1.I. The van der Waals surface area contributed by atoms with Gasteiger partial charge in [0.15, 0.2) is 5.96 Å². The lowest BCUT2D eigenvalue weighted by molar-refractivity contribution is -0.149. The van der Waals surface area contributed by atoms with E-state index in [1.165, 1.54) is 19.5 Å². The average molecular weight is 508 g/mol. The summed E-state index contributed by atoms with van der Waals surface area (Å²) < 4.78 is 5.17. The molecule has 2 fully saturated rings. The monoisotopic (exact) mass is 508 g/mol.